The standard InChI is InChI=1S/C13H18ClN/c1-9(2)8-15-13-6-4-10-3-5-11(14)7-12(10)13/h3,5,7,9,13,15H,4,6,8H2,1-2H3. The van der Waals surface area contributed by atoms with Gasteiger partial charge in [-0.3, -0.25) is 0 Å². The number of hydrogen-bond acceptors (Lipinski definition) is 1. The molecule has 1 unspecified atom stereocenters. The minimum absolute atomic E-state index is 0.515. The van der Waals surface area contributed by atoms with Crippen molar-refractivity contribution < 1.29 is 0 Å². The molecule has 0 bridgehead atoms. The molecular formula is C13H18ClN. The molecule has 1 N–H and O–H groups in total. The molecule has 0 aromatic heterocycles. The van der Waals surface area contributed by atoms with E-state index in [1.165, 1.54) is 24.0 Å². The average molecular weight is 224 g/mol. The highest BCUT2D eigenvalue weighted by molar-refractivity contribution is 6.30. The summed E-state index contributed by atoms with van der Waals surface area (Å²) in [5.74, 6) is 0.702. The summed E-state index contributed by atoms with van der Waals surface area (Å²) in [6, 6.07) is 6.78. The van der Waals surface area contributed by atoms with Crippen molar-refractivity contribution in [3.8, 4) is 0 Å². The first-order valence-corrected chi connectivity index (χ1v) is 6.06. The maximum Gasteiger partial charge on any atom is 0.0409 e. The van der Waals surface area contributed by atoms with Gasteiger partial charge in [0.25, 0.3) is 0 Å². The Bertz CT molecular complexity index is 346. The Morgan fingerprint density at radius 2 is 2.27 bits per heavy atom. The second kappa shape index (κ2) is 4.54. The van der Waals surface area contributed by atoms with Crippen LogP contribution in [0.2, 0.25) is 5.02 Å². The summed E-state index contributed by atoms with van der Waals surface area (Å²) >= 11 is 6.02. The molecular weight excluding hydrogens is 206 g/mol. The van der Waals surface area contributed by atoms with Gasteiger partial charge in [0.1, 0.15) is 0 Å². The highest BCUT2D eigenvalue weighted by atomic mass is 35.5. The van der Waals surface area contributed by atoms with E-state index < -0.39 is 0 Å². The minimum atomic E-state index is 0.515. The zero-order valence-electron chi connectivity index (χ0n) is 9.39. The lowest BCUT2D eigenvalue weighted by Crippen LogP contribution is -2.23. The molecule has 2 rings (SSSR count). The van der Waals surface area contributed by atoms with Crippen LogP contribution in [-0.4, -0.2) is 6.54 Å². The third-order valence-electron chi connectivity index (χ3n) is 2.96. The van der Waals surface area contributed by atoms with E-state index in [2.05, 4.69) is 31.3 Å². The lowest BCUT2D eigenvalue weighted by Gasteiger charge is -2.15. The molecule has 2 heteroatoms. The fraction of sp³-hybridized carbons (Fsp3) is 0.538. The van der Waals surface area contributed by atoms with E-state index in [0.29, 0.717) is 12.0 Å². The quantitative estimate of drug-likeness (QED) is 0.826. The molecule has 15 heavy (non-hydrogen) atoms. The summed E-state index contributed by atoms with van der Waals surface area (Å²) in [4.78, 5) is 0. The Balaban J connectivity index is 2.10. The topological polar surface area (TPSA) is 12.0 Å². The molecule has 0 radical (unpaired) electrons. The zero-order valence-corrected chi connectivity index (χ0v) is 10.1. The van der Waals surface area contributed by atoms with Crippen LogP contribution in [0.5, 0.6) is 0 Å². The summed E-state index contributed by atoms with van der Waals surface area (Å²) in [7, 11) is 0. The van der Waals surface area contributed by atoms with E-state index in [9.17, 15) is 0 Å². The van der Waals surface area contributed by atoms with Crippen LogP contribution in [0, 0.1) is 5.92 Å². The largest absolute Gasteiger partial charge is 0.310 e. The van der Waals surface area contributed by atoms with Crippen LogP contribution in [0.4, 0.5) is 0 Å². The van der Waals surface area contributed by atoms with E-state index in [4.69, 9.17) is 11.6 Å². The van der Waals surface area contributed by atoms with Crippen LogP contribution in [0.15, 0.2) is 18.2 Å². The maximum absolute atomic E-state index is 6.02. The predicted octanol–water partition coefficient (Wildman–Crippen LogP) is 3.57. The number of benzene rings is 1. The van der Waals surface area contributed by atoms with Crippen molar-refractivity contribution >= 4 is 11.6 Å². The summed E-state index contributed by atoms with van der Waals surface area (Å²) in [6.07, 6.45) is 2.39. The molecule has 1 atom stereocenters. The van der Waals surface area contributed by atoms with Crippen molar-refractivity contribution in [2.75, 3.05) is 6.54 Å². The van der Waals surface area contributed by atoms with Crippen molar-refractivity contribution in [2.24, 2.45) is 5.92 Å². The van der Waals surface area contributed by atoms with Crippen LogP contribution in [-0.2, 0) is 6.42 Å². The molecule has 0 amide bonds. The predicted molar refractivity (Wildman–Crippen MR) is 65.4 cm³/mol. The summed E-state index contributed by atoms with van der Waals surface area (Å²) in [5.41, 5.74) is 2.86. The summed E-state index contributed by atoms with van der Waals surface area (Å²) < 4.78 is 0. The fourth-order valence-electron chi connectivity index (χ4n) is 2.16. The van der Waals surface area contributed by atoms with Gasteiger partial charge in [-0.25, -0.2) is 0 Å². The van der Waals surface area contributed by atoms with Crippen molar-refractivity contribution in [1.29, 1.82) is 0 Å². The lowest BCUT2D eigenvalue weighted by atomic mass is 10.1. The Hall–Kier alpha value is -0.530. The number of halogens is 1. The van der Waals surface area contributed by atoms with Crippen LogP contribution in [0.25, 0.3) is 0 Å². The van der Waals surface area contributed by atoms with Gasteiger partial charge in [-0.2, -0.15) is 0 Å². The maximum atomic E-state index is 6.02. The van der Waals surface area contributed by atoms with Crippen LogP contribution in [0.1, 0.15) is 37.4 Å². The smallest absolute Gasteiger partial charge is 0.0409 e. The molecule has 1 aromatic carbocycles. The van der Waals surface area contributed by atoms with Gasteiger partial charge in [-0.05, 0) is 48.6 Å². The van der Waals surface area contributed by atoms with Gasteiger partial charge in [0.15, 0.2) is 0 Å². The lowest BCUT2D eigenvalue weighted by molar-refractivity contribution is 0.472. The molecule has 1 aliphatic rings. The fourth-order valence-corrected chi connectivity index (χ4v) is 2.34. The van der Waals surface area contributed by atoms with E-state index in [0.717, 1.165) is 11.6 Å². The number of rotatable bonds is 3. The number of hydrogen-bond donors (Lipinski definition) is 1. The van der Waals surface area contributed by atoms with Crippen LogP contribution < -0.4 is 5.32 Å². The highest BCUT2D eigenvalue weighted by Crippen LogP contribution is 2.32. The summed E-state index contributed by atoms with van der Waals surface area (Å²) in [5, 5.41) is 4.46. The van der Waals surface area contributed by atoms with Crippen molar-refractivity contribution in [2.45, 2.75) is 32.7 Å². The second-order valence-corrected chi connectivity index (χ2v) is 5.17. The van der Waals surface area contributed by atoms with Crippen molar-refractivity contribution in [3.05, 3.63) is 34.3 Å². The van der Waals surface area contributed by atoms with Crippen LogP contribution in [0.3, 0.4) is 0 Å². The number of aryl methyl sites for hydroxylation is 1. The number of nitrogens with one attached hydrogen (secondary N) is 1. The Labute approximate surface area is 96.8 Å². The molecule has 0 aliphatic heterocycles. The van der Waals surface area contributed by atoms with Gasteiger partial charge in [0.2, 0.25) is 0 Å². The second-order valence-electron chi connectivity index (χ2n) is 4.74. The Kier molecular flexibility index (Phi) is 3.32. The van der Waals surface area contributed by atoms with Gasteiger partial charge < -0.3 is 5.32 Å². The van der Waals surface area contributed by atoms with Crippen LogP contribution >= 0.6 is 11.6 Å². The van der Waals surface area contributed by atoms with Gasteiger partial charge in [0.05, 0.1) is 0 Å². The molecule has 0 fully saturated rings. The van der Waals surface area contributed by atoms with Crippen molar-refractivity contribution in [3.63, 3.8) is 0 Å². The molecule has 1 nitrogen and oxygen atoms in total. The normalized spacial score (nSPS) is 19.6. The van der Waals surface area contributed by atoms with Gasteiger partial charge in [-0.15, -0.1) is 0 Å². The summed E-state index contributed by atoms with van der Waals surface area (Å²) in [6.45, 7) is 5.55. The molecule has 0 saturated carbocycles. The molecule has 0 spiro atoms. The molecule has 0 heterocycles. The zero-order chi connectivity index (χ0) is 10.8. The Morgan fingerprint density at radius 1 is 1.47 bits per heavy atom. The monoisotopic (exact) mass is 223 g/mol. The molecule has 1 aliphatic carbocycles. The van der Waals surface area contributed by atoms with E-state index in [-0.39, 0.29) is 0 Å². The van der Waals surface area contributed by atoms with Crippen molar-refractivity contribution in [1.82, 2.24) is 5.32 Å². The average Bonchev–Trinajstić information content (AvgIpc) is 2.57. The Morgan fingerprint density at radius 3 is 3.00 bits per heavy atom. The van der Waals surface area contributed by atoms with Gasteiger partial charge in [0, 0.05) is 11.1 Å². The van der Waals surface area contributed by atoms with E-state index in [1.54, 1.807) is 0 Å². The van der Waals surface area contributed by atoms with Gasteiger partial charge in [-0.1, -0.05) is 31.5 Å². The molecule has 82 valence electrons. The first kappa shape index (κ1) is 11.0. The SMILES string of the molecule is CC(C)CNC1CCc2ccc(Cl)cc21. The van der Waals surface area contributed by atoms with E-state index in [1.807, 2.05) is 6.07 Å². The first-order chi connectivity index (χ1) is 7.16. The molecule has 0 saturated heterocycles. The first-order valence-electron chi connectivity index (χ1n) is 5.68. The van der Waals surface area contributed by atoms with Gasteiger partial charge >= 0.3 is 0 Å². The third kappa shape index (κ3) is 2.53. The third-order valence-corrected chi connectivity index (χ3v) is 3.19. The van der Waals surface area contributed by atoms with E-state index >= 15 is 0 Å². The number of fused-ring (bicyclic) bond motifs is 1. The molecule has 1 aromatic rings. The minimum Gasteiger partial charge on any atom is -0.310 e. The highest BCUT2D eigenvalue weighted by Gasteiger charge is 2.21.